The highest BCUT2D eigenvalue weighted by molar-refractivity contribution is 5.91. The number of ether oxygens (including phenoxy) is 1. The minimum Gasteiger partial charge on any atom is -0.423 e. The molecule has 2 nitrogen and oxygen atoms in total. The first kappa shape index (κ1) is 12.3. The molecule has 0 amide bonds. The Morgan fingerprint density at radius 2 is 1.61 bits per heavy atom. The SMILES string of the molecule is Cc1ccc(OC(=O)c2ccc(C)cc2F)cc1. The molecule has 0 saturated heterocycles. The van der Waals surface area contributed by atoms with Gasteiger partial charge in [-0.05, 0) is 43.7 Å². The molecule has 0 aliphatic carbocycles. The molecule has 0 unspecified atom stereocenters. The number of halogens is 1. The van der Waals surface area contributed by atoms with Gasteiger partial charge in [0.25, 0.3) is 0 Å². The van der Waals surface area contributed by atoms with Crippen molar-refractivity contribution in [3.8, 4) is 5.75 Å². The van der Waals surface area contributed by atoms with Gasteiger partial charge in [-0.25, -0.2) is 9.18 Å². The first-order chi connectivity index (χ1) is 8.56. The Kier molecular flexibility index (Phi) is 3.42. The predicted octanol–water partition coefficient (Wildman–Crippen LogP) is 3.66. The third kappa shape index (κ3) is 2.74. The number of hydrogen-bond acceptors (Lipinski definition) is 2. The molecule has 0 N–H and O–H groups in total. The Balaban J connectivity index is 2.19. The average molecular weight is 244 g/mol. The monoisotopic (exact) mass is 244 g/mol. The maximum Gasteiger partial charge on any atom is 0.346 e. The van der Waals surface area contributed by atoms with Gasteiger partial charge in [-0.1, -0.05) is 23.8 Å². The van der Waals surface area contributed by atoms with Crippen molar-refractivity contribution in [3.63, 3.8) is 0 Å². The normalized spacial score (nSPS) is 10.2. The summed E-state index contributed by atoms with van der Waals surface area (Å²) in [7, 11) is 0. The summed E-state index contributed by atoms with van der Waals surface area (Å²) in [5, 5.41) is 0. The van der Waals surface area contributed by atoms with Gasteiger partial charge in [0.15, 0.2) is 0 Å². The molecule has 0 atom stereocenters. The van der Waals surface area contributed by atoms with Crippen molar-refractivity contribution in [3.05, 3.63) is 65.0 Å². The fraction of sp³-hybridized carbons (Fsp3) is 0.133. The summed E-state index contributed by atoms with van der Waals surface area (Å²) in [4.78, 5) is 11.8. The fourth-order valence-corrected chi connectivity index (χ4v) is 1.55. The van der Waals surface area contributed by atoms with E-state index in [9.17, 15) is 9.18 Å². The average Bonchev–Trinajstić information content (AvgIpc) is 2.32. The van der Waals surface area contributed by atoms with Crippen LogP contribution in [0.3, 0.4) is 0 Å². The number of rotatable bonds is 2. The highest BCUT2D eigenvalue weighted by atomic mass is 19.1. The van der Waals surface area contributed by atoms with E-state index in [0.717, 1.165) is 11.1 Å². The zero-order chi connectivity index (χ0) is 13.1. The zero-order valence-electron chi connectivity index (χ0n) is 10.2. The molecule has 2 aromatic carbocycles. The van der Waals surface area contributed by atoms with E-state index in [1.54, 1.807) is 25.1 Å². The lowest BCUT2D eigenvalue weighted by Gasteiger charge is -2.06. The molecule has 0 saturated carbocycles. The summed E-state index contributed by atoms with van der Waals surface area (Å²) in [6.07, 6.45) is 0. The summed E-state index contributed by atoms with van der Waals surface area (Å²) < 4.78 is 18.7. The van der Waals surface area contributed by atoms with Gasteiger partial charge < -0.3 is 4.74 Å². The first-order valence-corrected chi connectivity index (χ1v) is 5.61. The highest BCUT2D eigenvalue weighted by Gasteiger charge is 2.13. The molecule has 2 rings (SSSR count). The molecule has 3 heteroatoms. The fourth-order valence-electron chi connectivity index (χ4n) is 1.55. The molecule has 2 aromatic rings. The van der Waals surface area contributed by atoms with E-state index < -0.39 is 11.8 Å². The lowest BCUT2D eigenvalue weighted by molar-refractivity contribution is 0.0730. The molecular weight excluding hydrogens is 231 g/mol. The molecule has 0 aromatic heterocycles. The molecule has 0 spiro atoms. The van der Waals surface area contributed by atoms with Crippen LogP contribution in [0.15, 0.2) is 42.5 Å². The molecule has 0 radical (unpaired) electrons. The van der Waals surface area contributed by atoms with E-state index in [1.165, 1.54) is 12.1 Å². The van der Waals surface area contributed by atoms with Crippen LogP contribution in [0.5, 0.6) is 5.75 Å². The summed E-state index contributed by atoms with van der Waals surface area (Å²) in [5.74, 6) is -0.839. The third-order valence-electron chi connectivity index (χ3n) is 2.58. The van der Waals surface area contributed by atoms with E-state index in [-0.39, 0.29) is 5.56 Å². The van der Waals surface area contributed by atoms with Gasteiger partial charge in [0.05, 0.1) is 5.56 Å². The van der Waals surface area contributed by atoms with E-state index in [1.807, 2.05) is 19.1 Å². The maximum atomic E-state index is 13.6. The second-order valence-electron chi connectivity index (χ2n) is 4.19. The molecule has 18 heavy (non-hydrogen) atoms. The van der Waals surface area contributed by atoms with Crippen molar-refractivity contribution < 1.29 is 13.9 Å². The van der Waals surface area contributed by atoms with Crippen molar-refractivity contribution in [2.75, 3.05) is 0 Å². The van der Waals surface area contributed by atoms with Crippen LogP contribution in [0.4, 0.5) is 4.39 Å². The number of carbonyl (C=O) groups is 1. The molecule has 92 valence electrons. The summed E-state index contributed by atoms with van der Waals surface area (Å²) >= 11 is 0. The van der Waals surface area contributed by atoms with Gasteiger partial charge in [-0.3, -0.25) is 0 Å². The number of hydrogen-bond donors (Lipinski definition) is 0. The Morgan fingerprint density at radius 1 is 1.00 bits per heavy atom. The van der Waals surface area contributed by atoms with Crippen LogP contribution in [0, 0.1) is 19.7 Å². The highest BCUT2D eigenvalue weighted by Crippen LogP contribution is 2.16. The van der Waals surface area contributed by atoms with E-state index >= 15 is 0 Å². The van der Waals surface area contributed by atoms with E-state index in [2.05, 4.69) is 0 Å². The minimum absolute atomic E-state index is 0.0545. The zero-order valence-corrected chi connectivity index (χ0v) is 10.2. The van der Waals surface area contributed by atoms with Gasteiger partial charge in [-0.2, -0.15) is 0 Å². The number of carbonyl (C=O) groups excluding carboxylic acids is 1. The van der Waals surface area contributed by atoms with Crippen molar-refractivity contribution in [1.29, 1.82) is 0 Å². The standard InChI is InChI=1S/C15H13FO2/c1-10-3-6-12(7-4-10)18-15(17)13-8-5-11(2)9-14(13)16/h3-9H,1-2H3. The van der Waals surface area contributed by atoms with Crippen LogP contribution in [-0.4, -0.2) is 5.97 Å². The second-order valence-corrected chi connectivity index (χ2v) is 4.19. The number of esters is 1. The molecule has 0 aliphatic rings. The quantitative estimate of drug-likeness (QED) is 0.595. The maximum absolute atomic E-state index is 13.6. The lowest BCUT2D eigenvalue weighted by atomic mass is 10.1. The largest absolute Gasteiger partial charge is 0.423 e. The predicted molar refractivity (Wildman–Crippen MR) is 67.3 cm³/mol. The van der Waals surface area contributed by atoms with Crippen LogP contribution < -0.4 is 4.74 Å². The molecule has 0 aliphatic heterocycles. The molecule has 0 heterocycles. The van der Waals surface area contributed by atoms with Crippen molar-refractivity contribution in [2.45, 2.75) is 13.8 Å². The Labute approximate surface area is 105 Å². The van der Waals surface area contributed by atoms with Gasteiger partial charge in [0.1, 0.15) is 11.6 Å². The first-order valence-electron chi connectivity index (χ1n) is 5.61. The van der Waals surface area contributed by atoms with Crippen molar-refractivity contribution in [2.24, 2.45) is 0 Å². The Hall–Kier alpha value is -2.16. The molecule has 0 fully saturated rings. The van der Waals surface area contributed by atoms with Crippen LogP contribution in [0.2, 0.25) is 0 Å². The van der Waals surface area contributed by atoms with Crippen LogP contribution in [0.25, 0.3) is 0 Å². The van der Waals surface area contributed by atoms with Gasteiger partial charge in [0, 0.05) is 0 Å². The number of benzene rings is 2. The summed E-state index contributed by atoms with van der Waals surface area (Å²) in [5.41, 5.74) is 1.77. The summed E-state index contributed by atoms with van der Waals surface area (Å²) in [6.45, 7) is 3.70. The topological polar surface area (TPSA) is 26.3 Å². The number of aryl methyl sites for hydroxylation is 2. The lowest BCUT2D eigenvalue weighted by Crippen LogP contribution is -2.10. The molecular formula is C15H13FO2. The molecule has 0 bridgehead atoms. The third-order valence-corrected chi connectivity index (χ3v) is 2.58. The van der Waals surface area contributed by atoms with Gasteiger partial charge in [-0.15, -0.1) is 0 Å². The second kappa shape index (κ2) is 5.00. The minimum atomic E-state index is -0.684. The van der Waals surface area contributed by atoms with Crippen LogP contribution in [-0.2, 0) is 0 Å². The van der Waals surface area contributed by atoms with Crippen LogP contribution in [0.1, 0.15) is 21.5 Å². The van der Waals surface area contributed by atoms with E-state index in [0.29, 0.717) is 5.75 Å². The summed E-state index contributed by atoms with van der Waals surface area (Å²) in [6, 6.07) is 11.4. The van der Waals surface area contributed by atoms with Gasteiger partial charge in [0.2, 0.25) is 0 Å². The smallest absolute Gasteiger partial charge is 0.346 e. The van der Waals surface area contributed by atoms with E-state index in [4.69, 9.17) is 4.74 Å². The van der Waals surface area contributed by atoms with Gasteiger partial charge >= 0.3 is 5.97 Å². The Bertz CT molecular complexity index is 574. The van der Waals surface area contributed by atoms with Crippen molar-refractivity contribution in [1.82, 2.24) is 0 Å². The van der Waals surface area contributed by atoms with Crippen LogP contribution >= 0.6 is 0 Å². The Morgan fingerprint density at radius 3 is 2.22 bits per heavy atom. The van der Waals surface area contributed by atoms with Crippen molar-refractivity contribution >= 4 is 5.97 Å².